The van der Waals surface area contributed by atoms with Crippen molar-refractivity contribution in [1.29, 1.82) is 0 Å². The number of rotatable bonds is 4. The molecule has 11 nitrogen and oxygen atoms in total. The Balaban J connectivity index is 1.54. The van der Waals surface area contributed by atoms with E-state index >= 15 is 0 Å². The summed E-state index contributed by atoms with van der Waals surface area (Å²) in [4.78, 5) is 62.1. The van der Waals surface area contributed by atoms with Crippen LogP contribution in [-0.4, -0.2) is 69.8 Å². The lowest BCUT2D eigenvalue weighted by Gasteiger charge is -2.33. The molecule has 0 aliphatic carbocycles. The summed E-state index contributed by atoms with van der Waals surface area (Å²) >= 11 is 0. The summed E-state index contributed by atoms with van der Waals surface area (Å²) in [7, 11) is 0. The molecule has 2 aliphatic heterocycles. The van der Waals surface area contributed by atoms with Gasteiger partial charge in [0.05, 0.1) is 16.1 Å². The summed E-state index contributed by atoms with van der Waals surface area (Å²) in [6.45, 7) is 5.71. The Labute approximate surface area is 178 Å². The second kappa shape index (κ2) is 8.32. The Morgan fingerprint density at radius 1 is 1.16 bits per heavy atom. The molecule has 2 aliphatic rings. The Morgan fingerprint density at radius 2 is 1.77 bits per heavy atom. The average Bonchev–Trinajstić information content (AvgIpc) is 2.91. The van der Waals surface area contributed by atoms with E-state index in [4.69, 9.17) is 4.74 Å². The first-order chi connectivity index (χ1) is 14.5. The number of nitro groups is 1. The highest BCUT2D eigenvalue weighted by atomic mass is 16.6. The highest BCUT2D eigenvalue weighted by molar-refractivity contribution is 6.22. The number of piperidine rings is 1. The summed E-state index contributed by atoms with van der Waals surface area (Å²) in [5.41, 5.74) is -0.940. The van der Waals surface area contributed by atoms with Crippen LogP contribution in [0.4, 0.5) is 10.5 Å². The number of nitrogens with one attached hydrogen (secondary N) is 1. The molecule has 0 aromatic heterocycles. The summed E-state index contributed by atoms with van der Waals surface area (Å²) < 4.78 is 5.34. The van der Waals surface area contributed by atoms with Gasteiger partial charge < -0.3 is 15.0 Å². The van der Waals surface area contributed by atoms with Crippen LogP contribution in [-0.2, 0) is 9.53 Å². The van der Waals surface area contributed by atoms with Crippen LogP contribution < -0.4 is 5.32 Å². The zero-order chi connectivity index (χ0) is 22.9. The third-order valence-electron chi connectivity index (χ3n) is 4.98. The first kappa shape index (κ1) is 22.2. The Hall–Kier alpha value is -3.50. The standard InChI is InChI=1S/C20H24N4O7/c1-20(2,3)31-19(28)22-8-6-12(7-9-22)21-16(25)11-23-17(26)14-5-4-13(24(29)30)10-15(14)18(23)27/h4-5,10,12H,6-9,11H2,1-3H3,(H,21,25). The van der Waals surface area contributed by atoms with Crippen LogP contribution in [0.2, 0.25) is 0 Å². The van der Waals surface area contributed by atoms with Crippen molar-refractivity contribution in [3.63, 3.8) is 0 Å². The van der Waals surface area contributed by atoms with Crippen LogP contribution in [0, 0.1) is 10.1 Å². The molecule has 0 unspecified atom stereocenters. The lowest BCUT2D eigenvalue weighted by Crippen LogP contribution is -2.50. The van der Waals surface area contributed by atoms with Crippen molar-refractivity contribution in [2.75, 3.05) is 19.6 Å². The second-order valence-electron chi connectivity index (χ2n) is 8.49. The van der Waals surface area contributed by atoms with Crippen molar-refractivity contribution in [3.8, 4) is 0 Å². The number of hydrogen-bond donors (Lipinski definition) is 1. The lowest BCUT2D eigenvalue weighted by molar-refractivity contribution is -0.384. The number of likely N-dealkylation sites (tertiary alicyclic amines) is 1. The van der Waals surface area contributed by atoms with E-state index in [1.165, 1.54) is 6.07 Å². The molecule has 166 valence electrons. The van der Waals surface area contributed by atoms with Crippen LogP contribution in [0.5, 0.6) is 0 Å². The fourth-order valence-corrected chi connectivity index (χ4v) is 3.49. The van der Waals surface area contributed by atoms with Crippen LogP contribution >= 0.6 is 0 Å². The van der Waals surface area contributed by atoms with Gasteiger partial charge in [-0.05, 0) is 39.7 Å². The largest absolute Gasteiger partial charge is 0.444 e. The SMILES string of the molecule is CC(C)(C)OC(=O)N1CCC(NC(=O)CN2C(=O)c3ccc([N+](=O)[O-])cc3C2=O)CC1. The molecular weight excluding hydrogens is 408 g/mol. The van der Waals surface area contributed by atoms with Crippen molar-refractivity contribution >= 4 is 29.5 Å². The van der Waals surface area contributed by atoms with E-state index < -0.39 is 40.9 Å². The Morgan fingerprint density at radius 3 is 2.35 bits per heavy atom. The topological polar surface area (TPSA) is 139 Å². The summed E-state index contributed by atoms with van der Waals surface area (Å²) in [6, 6.07) is 3.20. The number of hydrogen-bond acceptors (Lipinski definition) is 7. The first-order valence-electron chi connectivity index (χ1n) is 9.88. The third kappa shape index (κ3) is 4.98. The Bertz CT molecular complexity index is 945. The van der Waals surface area contributed by atoms with Gasteiger partial charge >= 0.3 is 6.09 Å². The van der Waals surface area contributed by atoms with Gasteiger partial charge in [-0.25, -0.2) is 4.79 Å². The van der Waals surface area contributed by atoms with Crippen molar-refractivity contribution < 1.29 is 28.8 Å². The fraction of sp³-hybridized carbons (Fsp3) is 0.500. The molecule has 2 heterocycles. The zero-order valence-electron chi connectivity index (χ0n) is 17.5. The van der Waals surface area contributed by atoms with Gasteiger partial charge in [-0.2, -0.15) is 0 Å². The monoisotopic (exact) mass is 432 g/mol. The fourth-order valence-electron chi connectivity index (χ4n) is 3.49. The number of amides is 4. The van der Waals surface area contributed by atoms with Crippen LogP contribution in [0.1, 0.15) is 54.3 Å². The molecule has 0 spiro atoms. The molecule has 0 bridgehead atoms. The quantitative estimate of drug-likeness (QED) is 0.434. The van der Waals surface area contributed by atoms with E-state index in [0.717, 1.165) is 17.0 Å². The van der Waals surface area contributed by atoms with E-state index in [0.29, 0.717) is 25.9 Å². The summed E-state index contributed by atoms with van der Waals surface area (Å²) in [6.07, 6.45) is 0.621. The van der Waals surface area contributed by atoms with Gasteiger partial charge in [-0.3, -0.25) is 29.4 Å². The van der Waals surface area contributed by atoms with E-state index in [9.17, 15) is 29.3 Å². The van der Waals surface area contributed by atoms with Crippen molar-refractivity contribution in [1.82, 2.24) is 15.1 Å². The summed E-state index contributed by atoms with van der Waals surface area (Å²) in [5.74, 6) is -1.91. The molecule has 1 saturated heterocycles. The molecule has 1 aromatic carbocycles. The minimum atomic E-state index is -0.737. The molecular formula is C20H24N4O7. The zero-order valence-corrected chi connectivity index (χ0v) is 17.5. The van der Waals surface area contributed by atoms with Gasteiger partial charge in [0.1, 0.15) is 12.1 Å². The number of benzene rings is 1. The van der Waals surface area contributed by atoms with Crippen LogP contribution in [0.25, 0.3) is 0 Å². The molecule has 11 heteroatoms. The highest BCUT2D eigenvalue weighted by Crippen LogP contribution is 2.26. The average molecular weight is 432 g/mol. The van der Waals surface area contributed by atoms with Gasteiger partial charge in [0.15, 0.2) is 0 Å². The van der Waals surface area contributed by atoms with E-state index in [2.05, 4.69) is 5.32 Å². The molecule has 1 N–H and O–H groups in total. The van der Waals surface area contributed by atoms with Crippen molar-refractivity contribution in [2.24, 2.45) is 0 Å². The van der Waals surface area contributed by atoms with Crippen LogP contribution in [0.3, 0.4) is 0 Å². The van der Waals surface area contributed by atoms with Gasteiger partial charge in [-0.15, -0.1) is 0 Å². The van der Waals surface area contributed by atoms with Gasteiger partial charge in [0, 0.05) is 31.3 Å². The minimum Gasteiger partial charge on any atom is -0.444 e. The molecule has 1 fully saturated rings. The number of non-ortho nitro benzene ring substituents is 1. The molecule has 0 radical (unpaired) electrons. The smallest absolute Gasteiger partial charge is 0.410 e. The maximum atomic E-state index is 12.5. The molecule has 0 atom stereocenters. The second-order valence-corrected chi connectivity index (χ2v) is 8.49. The van der Waals surface area contributed by atoms with Gasteiger partial charge in [0.2, 0.25) is 5.91 Å². The number of carbonyl (C=O) groups is 4. The molecule has 31 heavy (non-hydrogen) atoms. The van der Waals surface area contributed by atoms with E-state index in [-0.39, 0.29) is 22.9 Å². The molecule has 1 aromatic rings. The highest BCUT2D eigenvalue weighted by Gasteiger charge is 2.38. The summed E-state index contributed by atoms with van der Waals surface area (Å²) in [5, 5.41) is 13.7. The number of imide groups is 1. The maximum absolute atomic E-state index is 12.5. The minimum absolute atomic E-state index is 0.0362. The van der Waals surface area contributed by atoms with E-state index in [1.54, 1.807) is 25.7 Å². The predicted octanol–water partition coefficient (Wildman–Crippen LogP) is 1.71. The van der Waals surface area contributed by atoms with Crippen molar-refractivity contribution in [2.45, 2.75) is 45.3 Å². The number of ether oxygens (including phenoxy) is 1. The Kier molecular flexibility index (Phi) is 5.96. The molecule has 3 rings (SSSR count). The van der Waals surface area contributed by atoms with E-state index in [1.807, 2.05) is 0 Å². The molecule has 4 amide bonds. The number of carbonyl (C=O) groups excluding carboxylic acids is 4. The normalized spacial score (nSPS) is 16.9. The lowest BCUT2D eigenvalue weighted by atomic mass is 10.1. The number of nitrogens with zero attached hydrogens (tertiary/aromatic N) is 3. The maximum Gasteiger partial charge on any atom is 0.410 e. The van der Waals surface area contributed by atoms with Gasteiger partial charge in [-0.1, -0.05) is 0 Å². The number of fused-ring (bicyclic) bond motifs is 1. The molecule has 0 saturated carbocycles. The van der Waals surface area contributed by atoms with Gasteiger partial charge in [0.25, 0.3) is 17.5 Å². The number of nitro benzene ring substituents is 1. The third-order valence-corrected chi connectivity index (χ3v) is 4.98. The van der Waals surface area contributed by atoms with Crippen LogP contribution in [0.15, 0.2) is 18.2 Å². The van der Waals surface area contributed by atoms with Crippen molar-refractivity contribution in [3.05, 3.63) is 39.4 Å². The predicted molar refractivity (Wildman–Crippen MR) is 107 cm³/mol. The first-order valence-corrected chi connectivity index (χ1v) is 9.88.